The first-order chi connectivity index (χ1) is 18.2. The van der Waals surface area contributed by atoms with Gasteiger partial charge in [0, 0.05) is 16.6 Å². The van der Waals surface area contributed by atoms with Gasteiger partial charge in [-0.2, -0.15) is 0 Å². The van der Waals surface area contributed by atoms with E-state index in [1.54, 1.807) is 28.0 Å². The fourth-order valence-corrected chi connectivity index (χ4v) is 10.2. The standard InChI is InChI=1S/C28H34BrClN2O5S/c1-5-8-13-37-27(36)20-21-25(34)32(17(7-3)15-33)24(28(21)14-18(29)23(20)38-28)26(35)31(12-6-2)22-16(4)10-9-11-19(22)30/h5-6,9-11,17-18,20-21,23-24,33H,1-2,7-8,12-15H2,3-4H3/t17-,18?,20+,21-,23+,24?,28?/m0/s1. The Morgan fingerprint density at radius 3 is 2.74 bits per heavy atom. The molecule has 0 saturated carbocycles. The molecule has 1 N–H and O–H groups in total. The number of para-hydroxylation sites is 1. The molecule has 7 nitrogen and oxygen atoms in total. The predicted octanol–water partition coefficient (Wildman–Crippen LogP) is 4.52. The van der Waals surface area contributed by atoms with Crippen molar-refractivity contribution in [2.24, 2.45) is 11.8 Å². The first-order valence-electron chi connectivity index (χ1n) is 12.9. The zero-order chi connectivity index (χ0) is 27.8. The number of aryl methyl sites for hydroxylation is 1. The van der Waals surface area contributed by atoms with E-state index >= 15 is 0 Å². The highest BCUT2D eigenvalue weighted by Gasteiger charge is 2.76. The van der Waals surface area contributed by atoms with Crippen LogP contribution in [0.1, 0.15) is 31.7 Å². The zero-order valence-corrected chi connectivity index (χ0v) is 24.8. The van der Waals surface area contributed by atoms with E-state index in [1.165, 1.54) is 11.8 Å². The van der Waals surface area contributed by atoms with Gasteiger partial charge in [0.1, 0.15) is 6.04 Å². The Bertz CT molecular complexity index is 1110. The zero-order valence-electron chi connectivity index (χ0n) is 21.6. The van der Waals surface area contributed by atoms with E-state index in [2.05, 4.69) is 29.1 Å². The maximum Gasteiger partial charge on any atom is 0.310 e. The fourth-order valence-electron chi connectivity index (χ4n) is 6.30. The number of hydrogen-bond donors (Lipinski definition) is 1. The smallest absolute Gasteiger partial charge is 0.310 e. The number of thioether (sulfide) groups is 1. The van der Waals surface area contributed by atoms with Gasteiger partial charge in [0.2, 0.25) is 5.91 Å². The number of likely N-dealkylation sites (tertiary alicyclic amines) is 1. The van der Waals surface area contributed by atoms with Gasteiger partial charge in [0.15, 0.2) is 0 Å². The lowest BCUT2D eigenvalue weighted by molar-refractivity contribution is -0.154. The van der Waals surface area contributed by atoms with Gasteiger partial charge < -0.3 is 19.6 Å². The maximum atomic E-state index is 14.6. The minimum absolute atomic E-state index is 0.0761. The molecule has 206 valence electrons. The number of amides is 2. The van der Waals surface area contributed by atoms with E-state index < -0.39 is 34.6 Å². The van der Waals surface area contributed by atoms with Crippen LogP contribution < -0.4 is 4.90 Å². The summed E-state index contributed by atoms with van der Waals surface area (Å²) in [4.78, 5) is 45.2. The number of esters is 1. The predicted molar refractivity (Wildman–Crippen MR) is 155 cm³/mol. The Kier molecular flexibility index (Phi) is 9.02. The molecule has 0 aromatic heterocycles. The Hall–Kier alpha value is -1.81. The molecule has 3 heterocycles. The number of carbonyl (C=O) groups excluding carboxylic acids is 3. The quantitative estimate of drug-likeness (QED) is 0.168. The molecular formula is C28H34BrClN2O5S. The lowest BCUT2D eigenvalue weighted by atomic mass is 9.71. The minimum Gasteiger partial charge on any atom is -0.465 e. The molecule has 0 radical (unpaired) electrons. The molecule has 1 aromatic rings. The van der Waals surface area contributed by atoms with Crippen molar-refractivity contribution in [3.05, 3.63) is 54.1 Å². The number of nitrogens with zero attached hydrogens (tertiary/aromatic N) is 2. The number of rotatable bonds is 11. The van der Waals surface area contributed by atoms with E-state index in [9.17, 15) is 19.5 Å². The Morgan fingerprint density at radius 1 is 1.39 bits per heavy atom. The first-order valence-corrected chi connectivity index (χ1v) is 15.1. The number of alkyl halides is 1. The normalized spacial score (nSPS) is 30.2. The summed E-state index contributed by atoms with van der Waals surface area (Å²) in [6, 6.07) is 3.97. The number of ether oxygens (including phenoxy) is 1. The third kappa shape index (κ3) is 4.63. The summed E-state index contributed by atoms with van der Waals surface area (Å²) < 4.78 is 4.71. The van der Waals surface area contributed by atoms with E-state index in [1.807, 2.05) is 26.0 Å². The number of anilines is 1. The van der Waals surface area contributed by atoms with Gasteiger partial charge >= 0.3 is 5.97 Å². The topological polar surface area (TPSA) is 87.2 Å². The van der Waals surface area contributed by atoms with Crippen LogP contribution >= 0.6 is 39.3 Å². The number of fused-ring (bicyclic) bond motifs is 1. The maximum absolute atomic E-state index is 14.6. The van der Waals surface area contributed by atoms with Gasteiger partial charge in [0.05, 0.1) is 46.5 Å². The molecule has 0 aliphatic carbocycles. The van der Waals surface area contributed by atoms with Gasteiger partial charge in [-0.3, -0.25) is 14.4 Å². The highest BCUT2D eigenvalue weighted by atomic mass is 79.9. The Balaban J connectivity index is 1.83. The molecule has 1 spiro atoms. The molecule has 3 aliphatic rings. The summed E-state index contributed by atoms with van der Waals surface area (Å²) in [5, 5.41) is 10.5. The molecule has 4 rings (SSSR count). The van der Waals surface area contributed by atoms with Gasteiger partial charge in [-0.25, -0.2) is 0 Å². The van der Waals surface area contributed by atoms with Crippen molar-refractivity contribution in [1.29, 1.82) is 0 Å². The fraction of sp³-hybridized carbons (Fsp3) is 0.536. The van der Waals surface area contributed by atoms with Gasteiger partial charge in [-0.1, -0.05) is 58.7 Å². The van der Waals surface area contributed by atoms with Crippen LogP contribution in [0.25, 0.3) is 0 Å². The van der Waals surface area contributed by atoms with Gasteiger partial charge in [-0.05, 0) is 37.8 Å². The average Bonchev–Trinajstić information content (AvgIpc) is 3.47. The van der Waals surface area contributed by atoms with Crippen molar-refractivity contribution in [2.75, 3.05) is 24.7 Å². The third-order valence-corrected chi connectivity index (χ3v) is 11.4. The number of halogens is 2. The molecular weight excluding hydrogens is 592 g/mol. The van der Waals surface area contributed by atoms with Crippen LogP contribution in [0.15, 0.2) is 43.5 Å². The van der Waals surface area contributed by atoms with Crippen molar-refractivity contribution in [2.45, 2.75) is 60.0 Å². The van der Waals surface area contributed by atoms with Crippen LogP contribution in [0.5, 0.6) is 0 Å². The van der Waals surface area contributed by atoms with E-state index in [0.717, 1.165) is 5.56 Å². The van der Waals surface area contributed by atoms with Gasteiger partial charge in [-0.15, -0.1) is 24.9 Å². The second-order valence-corrected chi connectivity index (χ2v) is 13.2. The van der Waals surface area contributed by atoms with Crippen LogP contribution in [0.4, 0.5) is 5.69 Å². The minimum atomic E-state index is -0.895. The second kappa shape index (κ2) is 11.7. The van der Waals surface area contributed by atoms with Crippen molar-refractivity contribution >= 4 is 62.8 Å². The SMILES string of the molecule is C=CCCOC(=O)[C@H]1[C@@H]2SC3(CC2Br)C(C(=O)N(CC=C)c2c(C)cccc2Cl)N([C@@H](CC)CO)C(=O)[C@H]13. The number of carbonyl (C=O) groups is 3. The average molecular weight is 626 g/mol. The van der Waals surface area contributed by atoms with Crippen molar-refractivity contribution < 1.29 is 24.2 Å². The Labute approximate surface area is 241 Å². The number of aliphatic hydroxyl groups excluding tert-OH is 1. The Morgan fingerprint density at radius 2 is 2.13 bits per heavy atom. The molecule has 3 unspecified atom stereocenters. The summed E-state index contributed by atoms with van der Waals surface area (Å²) in [6.07, 6.45) is 4.82. The second-order valence-electron chi connectivity index (χ2n) is 10.0. The van der Waals surface area contributed by atoms with Crippen molar-refractivity contribution in [3.63, 3.8) is 0 Å². The molecule has 2 amide bonds. The summed E-state index contributed by atoms with van der Waals surface area (Å²) in [7, 11) is 0. The summed E-state index contributed by atoms with van der Waals surface area (Å²) in [6.45, 7) is 11.4. The molecule has 3 aliphatic heterocycles. The molecule has 10 heteroatoms. The lowest BCUT2D eigenvalue weighted by Gasteiger charge is -2.40. The molecule has 3 saturated heterocycles. The highest BCUT2D eigenvalue weighted by Crippen LogP contribution is 2.68. The van der Waals surface area contributed by atoms with Crippen LogP contribution in [-0.4, -0.2) is 74.5 Å². The van der Waals surface area contributed by atoms with Crippen LogP contribution in [0, 0.1) is 18.8 Å². The van der Waals surface area contributed by atoms with Crippen LogP contribution in [-0.2, 0) is 19.1 Å². The first kappa shape index (κ1) is 29.2. The highest BCUT2D eigenvalue weighted by molar-refractivity contribution is 9.09. The van der Waals surface area contributed by atoms with Gasteiger partial charge in [0.25, 0.3) is 5.91 Å². The van der Waals surface area contributed by atoms with Crippen LogP contribution in [0.2, 0.25) is 5.02 Å². The number of benzene rings is 1. The van der Waals surface area contributed by atoms with Crippen LogP contribution in [0.3, 0.4) is 0 Å². The summed E-state index contributed by atoms with van der Waals surface area (Å²) >= 11 is 11.9. The molecule has 2 bridgehead atoms. The monoisotopic (exact) mass is 624 g/mol. The molecule has 38 heavy (non-hydrogen) atoms. The van der Waals surface area contributed by atoms with E-state index in [0.29, 0.717) is 30.0 Å². The number of hydrogen-bond acceptors (Lipinski definition) is 6. The summed E-state index contributed by atoms with van der Waals surface area (Å²) in [5.41, 5.74) is 1.38. The third-order valence-electron chi connectivity index (χ3n) is 7.91. The lowest BCUT2D eigenvalue weighted by Crippen LogP contribution is -2.58. The molecule has 3 fully saturated rings. The molecule has 1 aromatic carbocycles. The molecule has 7 atom stereocenters. The van der Waals surface area contributed by atoms with Crippen molar-refractivity contribution in [1.82, 2.24) is 4.90 Å². The largest absolute Gasteiger partial charge is 0.465 e. The summed E-state index contributed by atoms with van der Waals surface area (Å²) in [5.74, 6) is -2.42. The van der Waals surface area contributed by atoms with Crippen molar-refractivity contribution in [3.8, 4) is 0 Å². The van der Waals surface area contributed by atoms with E-state index in [-0.39, 0.29) is 41.6 Å². The number of aliphatic hydroxyl groups is 1. The van der Waals surface area contributed by atoms with E-state index in [4.69, 9.17) is 16.3 Å².